The van der Waals surface area contributed by atoms with Crippen molar-refractivity contribution in [1.29, 1.82) is 0 Å². The summed E-state index contributed by atoms with van der Waals surface area (Å²) in [5, 5.41) is 8.74. The zero-order chi connectivity index (χ0) is 25.0. The SMILES string of the molecule is CC(C)CN1C(=O)C2(CCN(Cc3ccc(OCC(=O)O)cc3)CC2)CC1Cc1cccc(F)c1. The zero-order valence-corrected chi connectivity index (χ0v) is 20.6. The van der Waals surface area contributed by atoms with Crippen molar-refractivity contribution in [3.63, 3.8) is 0 Å². The largest absolute Gasteiger partial charge is 0.482 e. The minimum atomic E-state index is -0.997. The van der Waals surface area contributed by atoms with Crippen LogP contribution in [0.25, 0.3) is 0 Å². The van der Waals surface area contributed by atoms with Crippen LogP contribution in [0.4, 0.5) is 4.39 Å². The predicted molar refractivity (Wildman–Crippen MR) is 132 cm³/mol. The second-order valence-corrected chi connectivity index (χ2v) is 10.4. The molecule has 0 aliphatic carbocycles. The van der Waals surface area contributed by atoms with E-state index in [1.807, 2.05) is 18.2 Å². The van der Waals surface area contributed by atoms with Crippen LogP contribution < -0.4 is 4.74 Å². The second-order valence-electron chi connectivity index (χ2n) is 10.4. The molecule has 6 nitrogen and oxygen atoms in total. The van der Waals surface area contributed by atoms with Gasteiger partial charge in [-0.3, -0.25) is 9.69 Å². The summed E-state index contributed by atoms with van der Waals surface area (Å²) in [6.45, 7) is 7.15. The molecular formula is C28H35FN2O4. The van der Waals surface area contributed by atoms with E-state index in [4.69, 9.17) is 9.84 Å². The first-order chi connectivity index (χ1) is 16.7. The van der Waals surface area contributed by atoms with Crippen molar-refractivity contribution < 1.29 is 23.8 Å². The van der Waals surface area contributed by atoms with Gasteiger partial charge in [0, 0.05) is 19.1 Å². The Morgan fingerprint density at radius 2 is 1.86 bits per heavy atom. The van der Waals surface area contributed by atoms with Crippen molar-refractivity contribution in [1.82, 2.24) is 9.80 Å². The summed E-state index contributed by atoms with van der Waals surface area (Å²) < 4.78 is 19.0. The highest BCUT2D eigenvalue weighted by atomic mass is 19.1. The summed E-state index contributed by atoms with van der Waals surface area (Å²) in [4.78, 5) is 28.8. The Bertz CT molecular complexity index is 1030. The fraction of sp³-hybridized carbons (Fsp3) is 0.500. The molecule has 1 amide bonds. The van der Waals surface area contributed by atoms with Gasteiger partial charge in [-0.2, -0.15) is 0 Å². The molecule has 0 bridgehead atoms. The van der Waals surface area contributed by atoms with Gasteiger partial charge >= 0.3 is 5.97 Å². The predicted octanol–water partition coefficient (Wildman–Crippen LogP) is 4.37. The topological polar surface area (TPSA) is 70.1 Å². The van der Waals surface area contributed by atoms with Crippen LogP contribution in [-0.4, -0.2) is 59.1 Å². The lowest BCUT2D eigenvalue weighted by Gasteiger charge is -2.38. The third kappa shape index (κ3) is 6.20. The fourth-order valence-corrected chi connectivity index (χ4v) is 5.51. The van der Waals surface area contributed by atoms with Gasteiger partial charge < -0.3 is 14.7 Å². The summed E-state index contributed by atoms with van der Waals surface area (Å²) in [5.74, 6) is -0.0339. The van der Waals surface area contributed by atoms with Crippen molar-refractivity contribution in [2.75, 3.05) is 26.2 Å². The maximum Gasteiger partial charge on any atom is 0.341 e. The molecule has 2 saturated heterocycles. The Morgan fingerprint density at radius 1 is 1.14 bits per heavy atom. The van der Waals surface area contributed by atoms with Crippen LogP contribution in [0.3, 0.4) is 0 Å². The van der Waals surface area contributed by atoms with Gasteiger partial charge in [-0.25, -0.2) is 9.18 Å². The number of rotatable bonds is 9. The summed E-state index contributed by atoms with van der Waals surface area (Å²) in [6.07, 6.45) is 3.19. The second kappa shape index (κ2) is 10.8. The number of aliphatic carboxylic acids is 1. The van der Waals surface area contributed by atoms with E-state index in [0.717, 1.165) is 56.6 Å². The van der Waals surface area contributed by atoms with Crippen LogP contribution >= 0.6 is 0 Å². The molecule has 0 radical (unpaired) electrons. The van der Waals surface area contributed by atoms with E-state index in [-0.39, 0.29) is 29.8 Å². The smallest absolute Gasteiger partial charge is 0.341 e. The molecule has 0 aromatic heterocycles. The van der Waals surface area contributed by atoms with Crippen LogP contribution in [-0.2, 0) is 22.6 Å². The van der Waals surface area contributed by atoms with Crippen LogP contribution in [0, 0.1) is 17.2 Å². The number of carboxylic acid groups (broad SMARTS) is 1. The van der Waals surface area contributed by atoms with E-state index in [1.165, 1.54) is 6.07 Å². The van der Waals surface area contributed by atoms with E-state index in [2.05, 4.69) is 23.6 Å². The summed E-state index contributed by atoms with van der Waals surface area (Å²) in [6, 6.07) is 14.4. The van der Waals surface area contributed by atoms with Gasteiger partial charge in [-0.15, -0.1) is 0 Å². The Balaban J connectivity index is 1.38. The number of ether oxygens (including phenoxy) is 1. The van der Waals surface area contributed by atoms with Crippen molar-refractivity contribution in [3.8, 4) is 5.75 Å². The van der Waals surface area contributed by atoms with Crippen LogP contribution in [0.5, 0.6) is 5.75 Å². The maximum atomic E-state index is 13.8. The standard InChI is InChI=1S/C28H35FN2O4/c1-20(2)17-31-24(15-22-4-3-5-23(29)14-22)16-28(27(31)34)10-12-30(13-11-28)18-21-6-8-25(9-7-21)35-19-26(32)33/h3-9,14,20,24H,10-13,15-19H2,1-2H3,(H,32,33). The van der Waals surface area contributed by atoms with Crippen molar-refractivity contribution in [2.45, 2.75) is 52.1 Å². The van der Waals surface area contributed by atoms with Crippen molar-refractivity contribution in [3.05, 3.63) is 65.5 Å². The lowest BCUT2D eigenvalue weighted by atomic mass is 9.75. The highest BCUT2D eigenvalue weighted by molar-refractivity contribution is 5.85. The molecular weight excluding hydrogens is 447 g/mol. The number of carbonyl (C=O) groups excluding carboxylic acids is 1. The number of amides is 1. The number of nitrogens with zero attached hydrogens (tertiary/aromatic N) is 2. The van der Waals surface area contributed by atoms with Gasteiger partial charge in [-0.1, -0.05) is 38.1 Å². The average Bonchev–Trinajstić information content (AvgIpc) is 3.05. The van der Waals surface area contributed by atoms with Gasteiger partial charge in [0.1, 0.15) is 11.6 Å². The molecule has 4 rings (SSSR count). The van der Waals surface area contributed by atoms with Crippen molar-refractivity contribution in [2.24, 2.45) is 11.3 Å². The highest BCUT2D eigenvalue weighted by Gasteiger charge is 2.52. The van der Waals surface area contributed by atoms with Crippen molar-refractivity contribution >= 4 is 11.9 Å². The molecule has 2 aromatic carbocycles. The number of piperidine rings is 1. The van der Waals surface area contributed by atoms with Crippen LogP contribution in [0.1, 0.15) is 44.2 Å². The molecule has 2 heterocycles. The Labute approximate surface area is 206 Å². The number of carboxylic acids is 1. The van der Waals surface area contributed by atoms with Gasteiger partial charge in [-0.05, 0) is 80.1 Å². The normalized spacial score (nSPS) is 20.1. The Kier molecular flexibility index (Phi) is 7.75. The zero-order valence-electron chi connectivity index (χ0n) is 20.6. The molecule has 1 N–H and O–H groups in total. The van der Waals surface area contributed by atoms with E-state index in [9.17, 15) is 14.0 Å². The van der Waals surface area contributed by atoms with Gasteiger partial charge in [0.15, 0.2) is 6.61 Å². The number of hydrogen-bond acceptors (Lipinski definition) is 4. The summed E-state index contributed by atoms with van der Waals surface area (Å²) in [5.41, 5.74) is 1.76. The number of halogens is 1. The molecule has 2 aliphatic rings. The summed E-state index contributed by atoms with van der Waals surface area (Å²) >= 11 is 0. The highest BCUT2D eigenvalue weighted by Crippen LogP contribution is 2.45. The first-order valence-corrected chi connectivity index (χ1v) is 12.5. The molecule has 2 aromatic rings. The lowest BCUT2D eigenvalue weighted by Crippen LogP contribution is -2.45. The molecule has 0 saturated carbocycles. The van der Waals surface area contributed by atoms with Gasteiger partial charge in [0.05, 0.1) is 5.41 Å². The first-order valence-electron chi connectivity index (χ1n) is 12.5. The average molecular weight is 483 g/mol. The fourth-order valence-electron chi connectivity index (χ4n) is 5.51. The molecule has 2 aliphatic heterocycles. The Hall–Kier alpha value is -2.93. The minimum Gasteiger partial charge on any atom is -0.482 e. The number of benzene rings is 2. The third-order valence-corrected chi connectivity index (χ3v) is 7.21. The molecule has 1 atom stereocenters. The number of likely N-dealkylation sites (tertiary alicyclic amines) is 2. The van der Waals surface area contributed by atoms with Gasteiger partial charge in [0.2, 0.25) is 5.91 Å². The Morgan fingerprint density at radius 3 is 2.49 bits per heavy atom. The summed E-state index contributed by atoms with van der Waals surface area (Å²) in [7, 11) is 0. The third-order valence-electron chi connectivity index (χ3n) is 7.21. The van der Waals surface area contributed by atoms with E-state index < -0.39 is 5.97 Å². The van der Waals surface area contributed by atoms with Gasteiger partial charge in [0.25, 0.3) is 0 Å². The molecule has 188 valence electrons. The van der Waals surface area contributed by atoms with Crippen LogP contribution in [0.15, 0.2) is 48.5 Å². The lowest BCUT2D eigenvalue weighted by molar-refractivity contribution is -0.140. The molecule has 2 fully saturated rings. The van der Waals surface area contributed by atoms with E-state index >= 15 is 0 Å². The van der Waals surface area contributed by atoms with Crippen LogP contribution in [0.2, 0.25) is 0 Å². The quantitative estimate of drug-likeness (QED) is 0.575. The number of hydrogen-bond donors (Lipinski definition) is 1. The maximum absolute atomic E-state index is 13.8. The molecule has 35 heavy (non-hydrogen) atoms. The number of carbonyl (C=O) groups is 2. The molecule has 1 spiro atoms. The monoisotopic (exact) mass is 482 g/mol. The first kappa shape index (κ1) is 25.2. The van der Waals surface area contributed by atoms with E-state index in [0.29, 0.717) is 18.1 Å². The molecule has 7 heteroatoms. The minimum absolute atomic E-state index is 0.108. The molecule has 1 unspecified atom stereocenters. The van der Waals surface area contributed by atoms with E-state index in [1.54, 1.807) is 24.3 Å².